The molecule has 138 valence electrons. The molecule has 1 saturated heterocycles. The van der Waals surface area contributed by atoms with E-state index in [4.69, 9.17) is 5.73 Å². The molecule has 0 aromatic heterocycles. The molecule has 1 aromatic rings. The van der Waals surface area contributed by atoms with Crippen LogP contribution in [-0.2, 0) is 11.3 Å². The maximum Gasteiger partial charge on any atom is 0.221 e. The number of benzene rings is 1. The number of likely N-dealkylation sites (tertiary alicyclic amines) is 1. The molecule has 0 spiro atoms. The SMILES string of the molecule is CC(N)CC(=O)NC1CCN(Cc2ccc(F)c(F)c2)CC1.Cl.Cl. The zero-order chi connectivity index (χ0) is 16.1. The van der Waals surface area contributed by atoms with Gasteiger partial charge in [-0.25, -0.2) is 8.78 Å². The van der Waals surface area contributed by atoms with Crippen molar-refractivity contribution >= 4 is 30.7 Å². The number of carbonyl (C=O) groups is 1. The summed E-state index contributed by atoms with van der Waals surface area (Å²) >= 11 is 0. The molecule has 0 radical (unpaired) electrons. The number of nitrogens with two attached hydrogens (primary N) is 1. The third-order valence-electron chi connectivity index (χ3n) is 3.85. The Morgan fingerprint density at radius 3 is 2.46 bits per heavy atom. The van der Waals surface area contributed by atoms with Crippen LogP contribution in [0.25, 0.3) is 0 Å². The first kappa shape index (κ1) is 23.1. The van der Waals surface area contributed by atoms with Crippen molar-refractivity contribution in [3.8, 4) is 0 Å². The number of amides is 1. The molecule has 1 aliphatic heterocycles. The second kappa shape index (κ2) is 10.8. The minimum atomic E-state index is -0.820. The quantitative estimate of drug-likeness (QED) is 0.821. The van der Waals surface area contributed by atoms with E-state index < -0.39 is 11.6 Å². The van der Waals surface area contributed by atoms with Gasteiger partial charge in [0.1, 0.15) is 0 Å². The van der Waals surface area contributed by atoms with Gasteiger partial charge in [-0.3, -0.25) is 9.69 Å². The Morgan fingerprint density at radius 2 is 1.92 bits per heavy atom. The molecule has 24 heavy (non-hydrogen) atoms. The number of nitrogens with one attached hydrogen (secondary N) is 1. The van der Waals surface area contributed by atoms with Crippen LogP contribution in [0.3, 0.4) is 0 Å². The Balaban J connectivity index is 0.00000264. The van der Waals surface area contributed by atoms with E-state index >= 15 is 0 Å². The lowest BCUT2D eigenvalue weighted by atomic mass is 10.0. The molecule has 1 aromatic carbocycles. The summed E-state index contributed by atoms with van der Waals surface area (Å²) in [5, 5.41) is 3.00. The van der Waals surface area contributed by atoms with E-state index in [1.165, 1.54) is 6.07 Å². The van der Waals surface area contributed by atoms with Crippen molar-refractivity contribution in [3.05, 3.63) is 35.4 Å². The van der Waals surface area contributed by atoms with Gasteiger partial charge in [-0.05, 0) is 37.5 Å². The van der Waals surface area contributed by atoms with Gasteiger partial charge in [0.15, 0.2) is 11.6 Å². The summed E-state index contributed by atoms with van der Waals surface area (Å²) in [5.74, 6) is -1.64. The molecule has 1 unspecified atom stereocenters. The van der Waals surface area contributed by atoms with Gasteiger partial charge in [-0.15, -0.1) is 24.8 Å². The monoisotopic (exact) mass is 383 g/mol. The van der Waals surface area contributed by atoms with Crippen LogP contribution >= 0.6 is 24.8 Å². The fourth-order valence-electron chi connectivity index (χ4n) is 2.71. The Labute approximate surface area is 154 Å². The van der Waals surface area contributed by atoms with Crippen LogP contribution in [0.5, 0.6) is 0 Å². The van der Waals surface area contributed by atoms with E-state index in [-0.39, 0.29) is 42.8 Å². The summed E-state index contributed by atoms with van der Waals surface area (Å²) in [4.78, 5) is 13.9. The second-order valence-electron chi connectivity index (χ2n) is 6.05. The molecule has 1 atom stereocenters. The molecular weight excluding hydrogens is 359 g/mol. The maximum absolute atomic E-state index is 13.2. The summed E-state index contributed by atoms with van der Waals surface area (Å²) in [6, 6.07) is 4.05. The molecule has 3 N–H and O–H groups in total. The van der Waals surface area contributed by atoms with Crippen LogP contribution in [0, 0.1) is 11.6 Å². The van der Waals surface area contributed by atoms with Gasteiger partial charge in [0.05, 0.1) is 0 Å². The topological polar surface area (TPSA) is 58.4 Å². The van der Waals surface area contributed by atoms with E-state index in [0.29, 0.717) is 13.0 Å². The third-order valence-corrected chi connectivity index (χ3v) is 3.85. The highest BCUT2D eigenvalue weighted by Crippen LogP contribution is 2.16. The first-order chi connectivity index (χ1) is 10.4. The van der Waals surface area contributed by atoms with Crippen LogP contribution in [0.2, 0.25) is 0 Å². The van der Waals surface area contributed by atoms with E-state index in [1.807, 2.05) is 6.92 Å². The second-order valence-corrected chi connectivity index (χ2v) is 6.05. The molecular formula is C16H25Cl2F2N3O. The highest BCUT2D eigenvalue weighted by Gasteiger charge is 2.21. The lowest BCUT2D eigenvalue weighted by Crippen LogP contribution is -2.45. The Kier molecular flexibility index (Phi) is 10.4. The lowest BCUT2D eigenvalue weighted by Gasteiger charge is -2.32. The van der Waals surface area contributed by atoms with Crippen LogP contribution < -0.4 is 11.1 Å². The highest BCUT2D eigenvalue weighted by atomic mass is 35.5. The van der Waals surface area contributed by atoms with Crippen molar-refractivity contribution in [2.75, 3.05) is 13.1 Å². The zero-order valence-corrected chi connectivity index (χ0v) is 15.3. The van der Waals surface area contributed by atoms with E-state index in [9.17, 15) is 13.6 Å². The van der Waals surface area contributed by atoms with Crippen molar-refractivity contribution in [1.82, 2.24) is 10.2 Å². The lowest BCUT2D eigenvalue weighted by molar-refractivity contribution is -0.122. The predicted molar refractivity (Wildman–Crippen MR) is 95.6 cm³/mol. The molecule has 1 aliphatic rings. The number of piperidine rings is 1. The van der Waals surface area contributed by atoms with E-state index in [1.54, 1.807) is 6.07 Å². The number of halogens is 4. The summed E-state index contributed by atoms with van der Waals surface area (Å²) in [6.45, 7) is 4.05. The van der Waals surface area contributed by atoms with Gasteiger partial charge in [0.2, 0.25) is 5.91 Å². The molecule has 0 aliphatic carbocycles. The number of hydrogen-bond donors (Lipinski definition) is 2. The van der Waals surface area contributed by atoms with Gasteiger partial charge in [-0.1, -0.05) is 6.07 Å². The van der Waals surface area contributed by atoms with E-state index in [2.05, 4.69) is 10.2 Å². The first-order valence-electron chi connectivity index (χ1n) is 7.65. The number of hydrogen-bond acceptors (Lipinski definition) is 3. The molecule has 1 heterocycles. The predicted octanol–water partition coefficient (Wildman–Crippen LogP) is 2.63. The summed E-state index contributed by atoms with van der Waals surface area (Å²) < 4.78 is 26.1. The molecule has 1 amide bonds. The van der Waals surface area contributed by atoms with Gasteiger partial charge >= 0.3 is 0 Å². The Bertz CT molecular complexity index is 524. The van der Waals surface area contributed by atoms with Gasteiger partial charge < -0.3 is 11.1 Å². The highest BCUT2D eigenvalue weighted by molar-refractivity contribution is 5.85. The Morgan fingerprint density at radius 1 is 1.29 bits per heavy atom. The number of nitrogens with zero attached hydrogens (tertiary/aromatic N) is 1. The van der Waals surface area contributed by atoms with Gasteiger partial charge in [0, 0.05) is 38.1 Å². The fraction of sp³-hybridized carbons (Fsp3) is 0.562. The molecule has 4 nitrogen and oxygen atoms in total. The zero-order valence-electron chi connectivity index (χ0n) is 13.6. The number of carbonyl (C=O) groups excluding carboxylic acids is 1. The summed E-state index contributed by atoms with van der Waals surface area (Å²) in [5.41, 5.74) is 6.37. The third kappa shape index (κ3) is 7.30. The average molecular weight is 384 g/mol. The van der Waals surface area contributed by atoms with Crippen LogP contribution in [-0.4, -0.2) is 36.0 Å². The normalized spacial score (nSPS) is 16.7. The van der Waals surface area contributed by atoms with E-state index in [0.717, 1.165) is 37.6 Å². The fourth-order valence-corrected chi connectivity index (χ4v) is 2.71. The Hall–Kier alpha value is -0.950. The number of rotatable bonds is 5. The summed E-state index contributed by atoms with van der Waals surface area (Å²) in [7, 11) is 0. The van der Waals surface area contributed by atoms with Crippen molar-refractivity contribution in [3.63, 3.8) is 0 Å². The standard InChI is InChI=1S/C16H23F2N3O.2ClH/c1-11(19)8-16(22)20-13-4-6-21(7-5-13)10-12-2-3-14(17)15(18)9-12;;/h2-3,9,11,13H,4-8,10,19H2,1H3,(H,20,22);2*1H. The van der Waals surface area contributed by atoms with Crippen molar-refractivity contribution in [1.29, 1.82) is 0 Å². The minimum Gasteiger partial charge on any atom is -0.353 e. The van der Waals surface area contributed by atoms with Crippen LogP contribution in [0.1, 0.15) is 31.7 Å². The molecule has 0 bridgehead atoms. The van der Waals surface area contributed by atoms with Crippen molar-refractivity contribution < 1.29 is 13.6 Å². The van der Waals surface area contributed by atoms with Gasteiger partial charge in [0.25, 0.3) is 0 Å². The van der Waals surface area contributed by atoms with Gasteiger partial charge in [-0.2, -0.15) is 0 Å². The van der Waals surface area contributed by atoms with Crippen molar-refractivity contribution in [2.45, 2.75) is 44.8 Å². The molecule has 2 rings (SSSR count). The molecule has 8 heteroatoms. The van der Waals surface area contributed by atoms with Crippen LogP contribution in [0.15, 0.2) is 18.2 Å². The largest absolute Gasteiger partial charge is 0.353 e. The van der Waals surface area contributed by atoms with Crippen LogP contribution in [0.4, 0.5) is 8.78 Å². The molecule has 0 saturated carbocycles. The maximum atomic E-state index is 13.2. The molecule has 1 fully saturated rings. The van der Waals surface area contributed by atoms with Crippen molar-refractivity contribution in [2.24, 2.45) is 5.73 Å². The smallest absolute Gasteiger partial charge is 0.221 e. The minimum absolute atomic E-state index is 0. The summed E-state index contributed by atoms with van der Waals surface area (Å²) in [6.07, 6.45) is 2.05. The average Bonchev–Trinajstić information content (AvgIpc) is 2.44. The first-order valence-corrected chi connectivity index (χ1v) is 7.65.